The molecule has 1 heterocycles. The third-order valence-corrected chi connectivity index (χ3v) is 5.60. The molecule has 0 bridgehead atoms. The second-order valence-corrected chi connectivity index (χ2v) is 6.92. The van der Waals surface area contributed by atoms with Crippen molar-refractivity contribution in [3.05, 3.63) is 28.8 Å². The van der Waals surface area contributed by atoms with E-state index in [2.05, 4.69) is 15.8 Å². The molecule has 2 aromatic rings. The average Bonchev–Trinajstić information content (AvgIpc) is 3.03. The van der Waals surface area contributed by atoms with Crippen LogP contribution in [0.5, 0.6) is 0 Å². The maximum absolute atomic E-state index is 13.8. The summed E-state index contributed by atoms with van der Waals surface area (Å²) < 4.78 is 15.9. The zero-order valence-corrected chi connectivity index (χ0v) is 13.4. The second-order valence-electron chi connectivity index (χ2n) is 5.11. The van der Waals surface area contributed by atoms with Gasteiger partial charge in [0.15, 0.2) is 0 Å². The highest BCUT2D eigenvalue weighted by molar-refractivity contribution is 7.99. The molecule has 3 rings (SSSR count). The first-order valence-electron chi connectivity index (χ1n) is 6.58. The molecule has 1 aromatic carbocycles. The Labute approximate surface area is 131 Å². The van der Waals surface area contributed by atoms with E-state index >= 15 is 0 Å². The van der Waals surface area contributed by atoms with Crippen molar-refractivity contribution >= 4 is 46.0 Å². The first kappa shape index (κ1) is 14.5. The van der Waals surface area contributed by atoms with Crippen LogP contribution in [0.25, 0.3) is 11.0 Å². The molecule has 0 radical (unpaired) electrons. The highest BCUT2D eigenvalue weighted by atomic mass is 35.5. The fourth-order valence-electron chi connectivity index (χ4n) is 3.01. The molecule has 0 amide bonds. The van der Waals surface area contributed by atoms with Crippen LogP contribution in [-0.4, -0.2) is 21.1 Å². The topological polar surface area (TPSA) is 17.8 Å². The van der Waals surface area contributed by atoms with E-state index in [0.717, 1.165) is 29.7 Å². The van der Waals surface area contributed by atoms with Gasteiger partial charge in [-0.25, -0.2) is 9.37 Å². The lowest BCUT2D eigenvalue weighted by molar-refractivity contribution is 0.518. The molecule has 1 aromatic heterocycles. The number of imidazole rings is 1. The van der Waals surface area contributed by atoms with Crippen LogP contribution in [0.4, 0.5) is 4.39 Å². The van der Waals surface area contributed by atoms with Crippen molar-refractivity contribution in [2.24, 2.45) is 0 Å². The summed E-state index contributed by atoms with van der Waals surface area (Å²) in [6, 6.07) is 3.42. The fraction of sp³-hybridized carbons (Fsp3) is 0.500. The Morgan fingerprint density at radius 1 is 1.45 bits per heavy atom. The molecule has 0 spiro atoms. The number of nitrogens with zero attached hydrogens (tertiary/aromatic N) is 2. The lowest BCUT2D eigenvalue weighted by Crippen LogP contribution is -2.09. The Kier molecular flexibility index (Phi) is 4.16. The van der Waals surface area contributed by atoms with Gasteiger partial charge in [-0.2, -0.15) is 11.8 Å². The first-order chi connectivity index (χ1) is 9.63. The maximum atomic E-state index is 13.8. The third kappa shape index (κ3) is 2.42. The van der Waals surface area contributed by atoms with E-state index in [9.17, 15) is 4.39 Å². The number of benzene rings is 1. The summed E-state index contributed by atoms with van der Waals surface area (Å²) in [6.07, 6.45) is 5.50. The van der Waals surface area contributed by atoms with Gasteiger partial charge < -0.3 is 4.57 Å². The molecular weight excluding hydrogens is 318 g/mol. The Balaban J connectivity index is 2.11. The van der Waals surface area contributed by atoms with Crippen LogP contribution in [0.2, 0.25) is 5.02 Å². The minimum absolute atomic E-state index is 0.108. The standard InChI is InChI=1S/C14H15Cl2FN2S/c1-20-9-3-2-8(4-9)19-13-6-11(17)10(16)5-12(13)18-14(19)7-15/h5-6,8-9H,2-4,7H2,1H3. The fourth-order valence-corrected chi connectivity index (χ4v) is 4.14. The van der Waals surface area contributed by atoms with E-state index in [1.165, 1.54) is 12.5 Å². The molecule has 2 nitrogen and oxygen atoms in total. The molecule has 6 heteroatoms. The minimum atomic E-state index is -0.402. The predicted octanol–water partition coefficient (Wildman–Crippen LogP) is 5.02. The lowest BCUT2D eigenvalue weighted by atomic mass is 10.2. The second kappa shape index (κ2) is 5.74. The van der Waals surface area contributed by atoms with E-state index < -0.39 is 5.82 Å². The van der Waals surface area contributed by atoms with E-state index in [-0.39, 0.29) is 5.02 Å². The van der Waals surface area contributed by atoms with Gasteiger partial charge in [-0.15, -0.1) is 11.6 Å². The lowest BCUT2D eigenvalue weighted by Gasteiger charge is -2.16. The average molecular weight is 333 g/mol. The quantitative estimate of drug-likeness (QED) is 0.734. The summed E-state index contributed by atoms with van der Waals surface area (Å²) in [4.78, 5) is 4.50. The summed E-state index contributed by atoms with van der Waals surface area (Å²) in [5.74, 6) is 0.727. The summed E-state index contributed by atoms with van der Waals surface area (Å²) in [5.41, 5.74) is 1.52. The van der Waals surface area contributed by atoms with Crippen LogP contribution in [-0.2, 0) is 5.88 Å². The first-order valence-corrected chi connectivity index (χ1v) is 8.78. The van der Waals surface area contributed by atoms with Gasteiger partial charge in [0.1, 0.15) is 11.6 Å². The van der Waals surface area contributed by atoms with Crippen molar-refractivity contribution in [3.8, 4) is 0 Å². The van der Waals surface area contributed by atoms with Gasteiger partial charge in [0.2, 0.25) is 0 Å². The number of hydrogen-bond donors (Lipinski definition) is 0. The van der Waals surface area contributed by atoms with Crippen LogP contribution in [0.15, 0.2) is 12.1 Å². The normalized spacial score (nSPS) is 22.8. The van der Waals surface area contributed by atoms with E-state index in [0.29, 0.717) is 17.2 Å². The van der Waals surface area contributed by atoms with Gasteiger partial charge in [-0.3, -0.25) is 0 Å². The molecule has 1 aliphatic carbocycles. The Hall–Kier alpha value is -0.450. The molecule has 1 fully saturated rings. The van der Waals surface area contributed by atoms with E-state index in [1.807, 2.05) is 11.8 Å². The number of aromatic nitrogens is 2. The van der Waals surface area contributed by atoms with Crippen molar-refractivity contribution < 1.29 is 4.39 Å². The van der Waals surface area contributed by atoms with Crippen LogP contribution < -0.4 is 0 Å². The largest absolute Gasteiger partial charge is 0.324 e. The molecule has 0 N–H and O–H groups in total. The van der Waals surface area contributed by atoms with Gasteiger partial charge in [0, 0.05) is 17.4 Å². The van der Waals surface area contributed by atoms with Crippen molar-refractivity contribution in [2.45, 2.75) is 36.4 Å². The number of alkyl halides is 1. The zero-order valence-electron chi connectivity index (χ0n) is 11.1. The third-order valence-electron chi connectivity index (χ3n) is 3.98. The Morgan fingerprint density at radius 3 is 2.90 bits per heavy atom. The van der Waals surface area contributed by atoms with Gasteiger partial charge in [0.05, 0.1) is 21.9 Å². The van der Waals surface area contributed by atoms with E-state index in [1.54, 1.807) is 6.07 Å². The van der Waals surface area contributed by atoms with E-state index in [4.69, 9.17) is 23.2 Å². The molecule has 1 saturated carbocycles. The summed E-state index contributed by atoms with van der Waals surface area (Å²) >= 11 is 13.7. The van der Waals surface area contributed by atoms with Crippen LogP contribution in [0.1, 0.15) is 31.1 Å². The molecule has 1 aliphatic rings. The zero-order chi connectivity index (χ0) is 14.3. The summed E-state index contributed by atoms with van der Waals surface area (Å²) in [7, 11) is 0. The van der Waals surface area contributed by atoms with Crippen molar-refractivity contribution in [1.82, 2.24) is 9.55 Å². The van der Waals surface area contributed by atoms with Crippen molar-refractivity contribution in [3.63, 3.8) is 0 Å². The molecule has 20 heavy (non-hydrogen) atoms. The molecule has 108 valence electrons. The Morgan fingerprint density at radius 2 is 2.25 bits per heavy atom. The summed E-state index contributed by atoms with van der Waals surface area (Å²) in [6.45, 7) is 0. The van der Waals surface area contributed by atoms with Crippen LogP contribution >= 0.6 is 35.0 Å². The molecule has 0 saturated heterocycles. The molecule has 0 aliphatic heterocycles. The maximum Gasteiger partial charge on any atom is 0.144 e. The van der Waals surface area contributed by atoms with Crippen LogP contribution in [0, 0.1) is 5.82 Å². The smallest absolute Gasteiger partial charge is 0.144 e. The van der Waals surface area contributed by atoms with Crippen LogP contribution in [0.3, 0.4) is 0 Å². The molecular formula is C14H15Cl2FN2S. The Bertz CT molecular complexity index is 644. The van der Waals surface area contributed by atoms with Crippen molar-refractivity contribution in [1.29, 1.82) is 0 Å². The number of halogens is 3. The molecule has 2 unspecified atom stereocenters. The molecule has 2 atom stereocenters. The number of thioether (sulfide) groups is 1. The van der Waals surface area contributed by atoms with Gasteiger partial charge >= 0.3 is 0 Å². The monoisotopic (exact) mass is 332 g/mol. The highest BCUT2D eigenvalue weighted by Gasteiger charge is 2.28. The highest BCUT2D eigenvalue weighted by Crippen LogP contribution is 2.39. The van der Waals surface area contributed by atoms with Crippen molar-refractivity contribution in [2.75, 3.05) is 6.26 Å². The minimum Gasteiger partial charge on any atom is -0.324 e. The van der Waals surface area contributed by atoms with Gasteiger partial charge in [-0.1, -0.05) is 11.6 Å². The van der Waals surface area contributed by atoms with Gasteiger partial charge in [0.25, 0.3) is 0 Å². The number of fused-ring (bicyclic) bond motifs is 1. The summed E-state index contributed by atoms with van der Waals surface area (Å²) in [5, 5.41) is 0.773. The SMILES string of the molecule is CSC1CCC(n2c(CCl)nc3cc(Cl)c(F)cc32)C1. The predicted molar refractivity (Wildman–Crippen MR) is 84.4 cm³/mol. The van der Waals surface area contributed by atoms with Gasteiger partial charge in [-0.05, 0) is 31.6 Å². The number of rotatable bonds is 3. The number of hydrogen-bond acceptors (Lipinski definition) is 2.